The Kier molecular flexibility index (Phi) is 6.51. The average Bonchev–Trinajstić information content (AvgIpc) is 2.55. The summed E-state index contributed by atoms with van der Waals surface area (Å²) in [7, 11) is -3.65. The zero-order valence-corrected chi connectivity index (χ0v) is 17.3. The quantitative estimate of drug-likeness (QED) is 0.676. The molecule has 1 atom stereocenters. The molecule has 1 amide bonds. The van der Waals surface area contributed by atoms with Gasteiger partial charge >= 0.3 is 0 Å². The van der Waals surface area contributed by atoms with Crippen molar-refractivity contribution < 1.29 is 13.2 Å². The zero-order chi connectivity index (χ0) is 20.2. The third-order valence-corrected chi connectivity index (χ3v) is 5.48. The molecule has 8 heteroatoms. The van der Waals surface area contributed by atoms with E-state index in [0.717, 1.165) is 0 Å². The van der Waals surface area contributed by atoms with Crippen LogP contribution in [-0.4, -0.2) is 25.9 Å². The van der Waals surface area contributed by atoms with Crippen molar-refractivity contribution in [3.63, 3.8) is 0 Å². The van der Waals surface area contributed by atoms with Crippen molar-refractivity contribution in [1.29, 1.82) is 0 Å². The van der Waals surface area contributed by atoms with Crippen LogP contribution >= 0.6 is 11.6 Å². The maximum atomic E-state index is 12.5. The molecule has 2 rings (SSSR count). The van der Waals surface area contributed by atoms with Crippen LogP contribution in [0.1, 0.15) is 27.7 Å². The van der Waals surface area contributed by atoms with Gasteiger partial charge in [0.05, 0.1) is 4.90 Å². The standard InChI is InChI=1S/C19H24ClN3O3S/c1-13(18(24)22-15-10-8-14(20)9-11-15)21-16-6-5-7-17(12-16)27(25,26)23-19(2,3)4/h5-13,21,23H,1-4H3,(H,22,24)/t13-/m1/s1. The minimum atomic E-state index is -3.65. The molecule has 0 unspecified atom stereocenters. The van der Waals surface area contributed by atoms with Crippen molar-refractivity contribution >= 4 is 38.9 Å². The van der Waals surface area contributed by atoms with Crippen LogP contribution in [-0.2, 0) is 14.8 Å². The summed E-state index contributed by atoms with van der Waals surface area (Å²) < 4.78 is 27.5. The van der Waals surface area contributed by atoms with Gasteiger partial charge in [-0.2, -0.15) is 0 Å². The van der Waals surface area contributed by atoms with E-state index in [1.54, 1.807) is 64.1 Å². The summed E-state index contributed by atoms with van der Waals surface area (Å²) in [6.07, 6.45) is 0. The summed E-state index contributed by atoms with van der Waals surface area (Å²) in [4.78, 5) is 12.5. The zero-order valence-electron chi connectivity index (χ0n) is 15.7. The predicted molar refractivity (Wildman–Crippen MR) is 110 cm³/mol. The third-order valence-electron chi connectivity index (χ3n) is 3.47. The Morgan fingerprint density at radius 3 is 2.26 bits per heavy atom. The van der Waals surface area contributed by atoms with Gasteiger partial charge in [-0.05, 0) is 70.2 Å². The number of sulfonamides is 1. The Bertz CT molecular complexity index is 907. The molecule has 146 valence electrons. The number of rotatable bonds is 6. The molecule has 0 spiro atoms. The Balaban J connectivity index is 2.08. The average molecular weight is 410 g/mol. The minimum Gasteiger partial charge on any atom is -0.374 e. The van der Waals surface area contributed by atoms with Crippen LogP contribution in [0.3, 0.4) is 0 Å². The van der Waals surface area contributed by atoms with Gasteiger partial charge in [-0.15, -0.1) is 0 Å². The number of hydrogen-bond donors (Lipinski definition) is 3. The fraction of sp³-hybridized carbons (Fsp3) is 0.316. The van der Waals surface area contributed by atoms with Gasteiger partial charge in [0.2, 0.25) is 15.9 Å². The van der Waals surface area contributed by atoms with Gasteiger partial charge in [-0.1, -0.05) is 17.7 Å². The Morgan fingerprint density at radius 1 is 1.04 bits per heavy atom. The molecule has 6 nitrogen and oxygen atoms in total. The SMILES string of the molecule is C[C@@H](Nc1cccc(S(=O)(=O)NC(C)(C)C)c1)C(=O)Nc1ccc(Cl)cc1. The van der Waals surface area contributed by atoms with Gasteiger partial charge in [-0.25, -0.2) is 13.1 Å². The van der Waals surface area contributed by atoms with Crippen LogP contribution in [0.2, 0.25) is 5.02 Å². The molecule has 2 aromatic rings. The van der Waals surface area contributed by atoms with Gasteiger partial charge < -0.3 is 10.6 Å². The number of benzene rings is 2. The van der Waals surface area contributed by atoms with Crippen molar-refractivity contribution in [2.45, 2.75) is 44.2 Å². The van der Waals surface area contributed by atoms with E-state index in [9.17, 15) is 13.2 Å². The lowest BCUT2D eigenvalue weighted by atomic mass is 10.1. The number of hydrogen-bond acceptors (Lipinski definition) is 4. The summed E-state index contributed by atoms with van der Waals surface area (Å²) in [5, 5.41) is 6.38. The van der Waals surface area contributed by atoms with E-state index < -0.39 is 21.6 Å². The van der Waals surface area contributed by atoms with Gasteiger partial charge in [0.25, 0.3) is 0 Å². The summed E-state index contributed by atoms with van der Waals surface area (Å²) >= 11 is 5.83. The number of anilines is 2. The summed E-state index contributed by atoms with van der Waals surface area (Å²) in [6, 6.07) is 12.6. The number of carbonyl (C=O) groups excluding carboxylic acids is 1. The first-order chi connectivity index (χ1) is 12.5. The smallest absolute Gasteiger partial charge is 0.246 e. The summed E-state index contributed by atoms with van der Waals surface area (Å²) in [5.74, 6) is -0.251. The molecular formula is C19H24ClN3O3S. The second kappa shape index (κ2) is 8.29. The molecule has 0 aromatic heterocycles. The molecule has 0 radical (unpaired) electrons. The highest BCUT2D eigenvalue weighted by atomic mass is 35.5. The van der Waals surface area contributed by atoms with E-state index in [2.05, 4.69) is 15.4 Å². The number of halogens is 1. The molecule has 0 fully saturated rings. The minimum absolute atomic E-state index is 0.132. The van der Waals surface area contributed by atoms with E-state index >= 15 is 0 Å². The Morgan fingerprint density at radius 2 is 1.67 bits per heavy atom. The molecule has 0 heterocycles. The van der Waals surface area contributed by atoms with E-state index in [-0.39, 0.29) is 10.8 Å². The first-order valence-corrected chi connectivity index (χ1v) is 10.3. The first-order valence-electron chi connectivity index (χ1n) is 8.43. The molecule has 0 saturated carbocycles. The predicted octanol–water partition coefficient (Wildman–Crippen LogP) is 3.86. The highest BCUT2D eigenvalue weighted by Gasteiger charge is 2.22. The van der Waals surface area contributed by atoms with Crippen LogP contribution < -0.4 is 15.4 Å². The summed E-state index contributed by atoms with van der Waals surface area (Å²) in [6.45, 7) is 7.02. The van der Waals surface area contributed by atoms with E-state index in [4.69, 9.17) is 11.6 Å². The molecule has 27 heavy (non-hydrogen) atoms. The Hall–Kier alpha value is -2.09. The van der Waals surface area contributed by atoms with Crippen molar-refractivity contribution in [3.05, 3.63) is 53.6 Å². The van der Waals surface area contributed by atoms with Crippen LogP contribution in [0.4, 0.5) is 11.4 Å². The highest BCUT2D eigenvalue weighted by Crippen LogP contribution is 2.19. The van der Waals surface area contributed by atoms with Gasteiger partial charge in [0.1, 0.15) is 6.04 Å². The molecule has 0 saturated heterocycles. The number of carbonyl (C=O) groups is 1. The largest absolute Gasteiger partial charge is 0.374 e. The normalized spacial score (nSPS) is 13.1. The maximum Gasteiger partial charge on any atom is 0.246 e. The van der Waals surface area contributed by atoms with E-state index in [1.165, 1.54) is 12.1 Å². The second-order valence-corrected chi connectivity index (χ2v) is 9.36. The van der Waals surface area contributed by atoms with Crippen molar-refractivity contribution in [1.82, 2.24) is 4.72 Å². The third kappa shape index (κ3) is 6.53. The van der Waals surface area contributed by atoms with Crippen LogP contribution in [0.5, 0.6) is 0 Å². The van der Waals surface area contributed by atoms with Crippen LogP contribution in [0.25, 0.3) is 0 Å². The highest BCUT2D eigenvalue weighted by molar-refractivity contribution is 7.89. The molecule has 3 N–H and O–H groups in total. The lowest BCUT2D eigenvalue weighted by molar-refractivity contribution is -0.116. The molecule has 2 aromatic carbocycles. The Labute approximate surface area is 165 Å². The second-order valence-electron chi connectivity index (χ2n) is 7.25. The summed E-state index contributed by atoms with van der Waals surface area (Å²) in [5.41, 5.74) is 0.572. The first kappa shape index (κ1) is 21.2. The lowest BCUT2D eigenvalue weighted by Crippen LogP contribution is -2.40. The van der Waals surface area contributed by atoms with Crippen LogP contribution in [0, 0.1) is 0 Å². The number of amides is 1. The fourth-order valence-corrected chi connectivity index (χ4v) is 3.90. The monoisotopic (exact) mass is 409 g/mol. The van der Waals surface area contributed by atoms with E-state index in [1.807, 2.05) is 0 Å². The molecule has 0 aliphatic rings. The van der Waals surface area contributed by atoms with Crippen molar-refractivity contribution in [2.24, 2.45) is 0 Å². The maximum absolute atomic E-state index is 12.5. The van der Waals surface area contributed by atoms with Gasteiger partial charge in [0, 0.05) is 21.9 Å². The molecule has 0 bridgehead atoms. The van der Waals surface area contributed by atoms with Crippen molar-refractivity contribution in [2.75, 3.05) is 10.6 Å². The lowest BCUT2D eigenvalue weighted by Gasteiger charge is -2.21. The fourth-order valence-electron chi connectivity index (χ4n) is 2.31. The van der Waals surface area contributed by atoms with Gasteiger partial charge in [0.15, 0.2) is 0 Å². The van der Waals surface area contributed by atoms with Crippen molar-refractivity contribution in [3.8, 4) is 0 Å². The topological polar surface area (TPSA) is 87.3 Å². The molecular weight excluding hydrogens is 386 g/mol. The van der Waals surface area contributed by atoms with E-state index in [0.29, 0.717) is 16.4 Å². The van der Waals surface area contributed by atoms with Gasteiger partial charge in [-0.3, -0.25) is 4.79 Å². The molecule has 0 aliphatic heterocycles. The number of nitrogens with one attached hydrogen (secondary N) is 3. The van der Waals surface area contributed by atoms with Crippen LogP contribution in [0.15, 0.2) is 53.4 Å². The molecule has 0 aliphatic carbocycles.